The number of rotatable bonds is 5. The van der Waals surface area contributed by atoms with Gasteiger partial charge in [0.05, 0.1) is 25.8 Å². The van der Waals surface area contributed by atoms with Gasteiger partial charge in [0, 0.05) is 16.3 Å². The van der Waals surface area contributed by atoms with Gasteiger partial charge in [0.2, 0.25) is 0 Å². The predicted molar refractivity (Wildman–Crippen MR) is 122 cm³/mol. The molecule has 1 N–H and O–H groups in total. The van der Waals surface area contributed by atoms with E-state index in [1.165, 1.54) is 4.90 Å². The Kier molecular flexibility index (Phi) is 5.88. The minimum absolute atomic E-state index is 0.00157. The van der Waals surface area contributed by atoms with Crippen molar-refractivity contribution in [1.29, 1.82) is 0 Å². The normalized spacial score (nSPS) is 17.5. The third-order valence-corrected chi connectivity index (χ3v) is 5.60. The fourth-order valence-electron chi connectivity index (χ4n) is 3.71. The fraction of sp³-hybridized carbons (Fsp3) is 0.120. The first-order valence-electron chi connectivity index (χ1n) is 9.79. The molecule has 1 saturated heterocycles. The number of aliphatic hydroxyl groups is 1. The molecule has 1 amide bonds. The fourth-order valence-corrected chi connectivity index (χ4v) is 3.83. The zero-order chi connectivity index (χ0) is 22.8. The summed E-state index contributed by atoms with van der Waals surface area (Å²) >= 11 is 5.96. The predicted octanol–water partition coefficient (Wildman–Crippen LogP) is 4.98. The van der Waals surface area contributed by atoms with Crippen molar-refractivity contribution in [3.05, 3.63) is 94.5 Å². The Bertz CT molecular complexity index is 1180. The minimum Gasteiger partial charge on any atom is -0.507 e. The van der Waals surface area contributed by atoms with Gasteiger partial charge in [-0.1, -0.05) is 23.7 Å². The number of ketones is 1. The Morgan fingerprint density at radius 3 is 1.91 bits per heavy atom. The van der Waals surface area contributed by atoms with Crippen LogP contribution in [0.3, 0.4) is 0 Å². The number of halogens is 1. The van der Waals surface area contributed by atoms with Crippen LogP contribution in [0.5, 0.6) is 11.5 Å². The SMILES string of the molecule is COc1ccc(C2/C(=C(/O)c3ccc(Cl)cc3)C(=O)C(=O)N2c2ccc(OC)cc2)cc1. The maximum absolute atomic E-state index is 13.1. The zero-order valence-electron chi connectivity index (χ0n) is 17.4. The Morgan fingerprint density at radius 1 is 0.844 bits per heavy atom. The van der Waals surface area contributed by atoms with Crippen molar-refractivity contribution in [2.45, 2.75) is 6.04 Å². The molecule has 0 saturated carbocycles. The largest absolute Gasteiger partial charge is 0.507 e. The Balaban J connectivity index is 1.90. The third kappa shape index (κ3) is 3.81. The highest BCUT2D eigenvalue weighted by atomic mass is 35.5. The smallest absolute Gasteiger partial charge is 0.300 e. The molecule has 1 unspecified atom stereocenters. The van der Waals surface area contributed by atoms with E-state index in [9.17, 15) is 14.7 Å². The first-order valence-corrected chi connectivity index (χ1v) is 10.2. The summed E-state index contributed by atoms with van der Waals surface area (Å²) < 4.78 is 10.4. The molecule has 0 aromatic heterocycles. The van der Waals surface area contributed by atoms with Crippen LogP contribution >= 0.6 is 11.6 Å². The first kappa shape index (κ1) is 21.5. The molecule has 162 valence electrons. The van der Waals surface area contributed by atoms with Crippen LogP contribution in [0, 0.1) is 0 Å². The molecule has 4 rings (SSSR count). The van der Waals surface area contributed by atoms with Crippen LogP contribution in [0.1, 0.15) is 17.2 Å². The van der Waals surface area contributed by atoms with Crippen molar-refractivity contribution in [1.82, 2.24) is 0 Å². The van der Waals surface area contributed by atoms with Gasteiger partial charge in [-0.25, -0.2) is 0 Å². The highest BCUT2D eigenvalue weighted by Crippen LogP contribution is 2.42. The highest BCUT2D eigenvalue weighted by molar-refractivity contribution is 6.51. The second-order valence-corrected chi connectivity index (χ2v) is 7.58. The van der Waals surface area contributed by atoms with E-state index in [-0.39, 0.29) is 11.3 Å². The molecule has 1 aliphatic rings. The summed E-state index contributed by atoms with van der Waals surface area (Å²) in [6.07, 6.45) is 0. The number of carbonyl (C=O) groups excluding carboxylic acids is 2. The van der Waals surface area contributed by atoms with Crippen molar-refractivity contribution in [3.8, 4) is 11.5 Å². The molecule has 32 heavy (non-hydrogen) atoms. The second kappa shape index (κ2) is 8.77. The van der Waals surface area contributed by atoms with Crippen LogP contribution in [0.25, 0.3) is 5.76 Å². The summed E-state index contributed by atoms with van der Waals surface area (Å²) in [6, 6.07) is 19.4. The van der Waals surface area contributed by atoms with E-state index >= 15 is 0 Å². The summed E-state index contributed by atoms with van der Waals surface area (Å²) in [5.74, 6) is -0.516. The number of carbonyl (C=O) groups is 2. The van der Waals surface area contributed by atoms with Crippen molar-refractivity contribution in [3.63, 3.8) is 0 Å². The molecule has 1 atom stereocenters. The number of anilines is 1. The van der Waals surface area contributed by atoms with Gasteiger partial charge < -0.3 is 14.6 Å². The van der Waals surface area contributed by atoms with Crippen LogP contribution < -0.4 is 14.4 Å². The van der Waals surface area contributed by atoms with Gasteiger partial charge in [-0.2, -0.15) is 0 Å². The molecule has 7 heteroatoms. The van der Waals surface area contributed by atoms with E-state index in [2.05, 4.69) is 0 Å². The summed E-state index contributed by atoms with van der Waals surface area (Å²) in [6.45, 7) is 0. The summed E-state index contributed by atoms with van der Waals surface area (Å²) in [7, 11) is 3.10. The molecular formula is C25H20ClNO5. The van der Waals surface area contributed by atoms with Crippen molar-refractivity contribution in [2.75, 3.05) is 19.1 Å². The summed E-state index contributed by atoms with van der Waals surface area (Å²) in [4.78, 5) is 27.6. The Hall–Kier alpha value is -3.77. The van der Waals surface area contributed by atoms with Gasteiger partial charge in [-0.3, -0.25) is 14.5 Å². The van der Waals surface area contributed by atoms with Crippen molar-refractivity contribution < 1.29 is 24.2 Å². The van der Waals surface area contributed by atoms with Crippen LogP contribution in [-0.2, 0) is 9.59 Å². The van der Waals surface area contributed by atoms with Crippen LogP contribution in [-0.4, -0.2) is 31.0 Å². The quantitative estimate of drug-likeness (QED) is 0.337. The number of Topliss-reactive ketones (excluding diaryl/α,β-unsaturated/α-hetero) is 1. The van der Waals surface area contributed by atoms with Gasteiger partial charge in [0.15, 0.2) is 0 Å². The number of hydrogen-bond acceptors (Lipinski definition) is 5. The lowest BCUT2D eigenvalue weighted by molar-refractivity contribution is -0.132. The average molecular weight is 450 g/mol. The number of aliphatic hydroxyl groups excluding tert-OH is 1. The summed E-state index contributed by atoms with van der Waals surface area (Å²) in [5, 5.41) is 11.6. The number of ether oxygens (including phenoxy) is 2. The number of amides is 1. The van der Waals surface area contributed by atoms with Gasteiger partial charge >= 0.3 is 0 Å². The molecular weight excluding hydrogens is 430 g/mol. The molecule has 0 bridgehead atoms. The standard InChI is InChI=1S/C25H20ClNO5/c1-31-19-11-5-15(6-12-19)22-21(23(28)16-3-7-17(26)8-4-16)24(29)25(30)27(22)18-9-13-20(32-2)14-10-18/h3-14,22,28H,1-2H3/b23-21-. The molecule has 0 aliphatic carbocycles. The number of hydrogen-bond donors (Lipinski definition) is 1. The van der Waals surface area contributed by atoms with E-state index in [4.69, 9.17) is 21.1 Å². The van der Waals surface area contributed by atoms with Gasteiger partial charge in [0.25, 0.3) is 11.7 Å². The first-order chi connectivity index (χ1) is 15.4. The lowest BCUT2D eigenvalue weighted by Gasteiger charge is -2.25. The maximum Gasteiger partial charge on any atom is 0.300 e. The highest BCUT2D eigenvalue weighted by Gasteiger charge is 2.46. The number of nitrogens with zero attached hydrogens (tertiary/aromatic N) is 1. The topological polar surface area (TPSA) is 76.1 Å². The third-order valence-electron chi connectivity index (χ3n) is 5.34. The van der Waals surface area contributed by atoms with E-state index in [1.807, 2.05) is 0 Å². The molecule has 1 aliphatic heterocycles. The van der Waals surface area contributed by atoms with E-state index in [0.29, 0.717) is 33.3 Å². The summed E-state index contributed by atoms with van der Waals surface area (Å²) in [5.41, 5.74) is 1.54. The maximum atomic E-state index is 13.1. The lowest BCUT2D eigenvalue weighted by atomic mass is 9.95. The van der Waals surface area contributed by atoms with Gasteiger partial charge in [-0.05, 0) is 66.2 Å². The van der Waals surface area contributed by atoms with Gasteiger partial charge in [-0.15, -0.1) is 0 Å². The Morgan fingerprint density at radius 2 is 1.38 bits per heavy atom. The second-order valence-electron chi connectivity index (χ2n) is 7.15. The molecule has 1 heterocycles. The molecule has 6 nitrogen and oxygen atoms in total. The molecule has 3 aromatic rings. The molecule has 0 spiro atoms. The van der Waals surface area contributed by atoms with Crippen LogP contribution in [0.2, 0.25) is 5.02 Å². The van der Waals surface area contributed by atoms with Gasteiger partial charge in [0.1, 0.15) is 17.3 Å². The lowest BCUT2D eigenvalue weighted by Crippen LogP contribution is -2.29. The number of methoxy groups -OCH3 is 2. The van der Waals surface area contributed by atoms with Crippen molar-refractivity contribution >= 4 is 34.7 Å². The molecule has 3 aromatic carbocycles. The minimum atomic E-state index is -0.829. The molecule has 0 radical (unpaired) electrons. The Labute approximate surface area is 190 Å². The number of benzene rings is 3. The van der Waals surface area contributed by atoms with E-state index < -0.39 is 17.7 Å². The monoisotopic (exact) mass is 449 g/mol. The average Bonchev–Trinajstić information content (AvgIpc) is 3.09. The van der Waals surface area contributed by atoms with E-state index in [1.54, 1.807) is 87.0 Å². The van der Waals surface area contributed by atoms with Crippen molar-refractivity contribution in [2.24, 2.45) is 0 Å². The van der Waals surface area contributed by atoms with E-state index in [0.717, 1.165) is 0 Å². The van der Waals surface area contributed by atoms with Crippen LogP contribution in [0.15, 0.2) is 78.4 Å². The molecule has 1 fully saturated rings. The van der Waals surface area contributed by atoms with Crippen LogP contribution in [0.4, 0.5) is 5.69 Å². The zero-order valence-corrected chi connectivity index (χ0v) is 18.2.